The molecule has 0 spiro atoms. The second-order valence-corrected chi connectivity index (χ2v) is 5.89. The molecule has 0 unspecified atom stereocenters. The molecular formula is C19H15ClN4O. The highest BCUT2D eigenvalue weighted by atomic mass is 35.5. The van der Waals surface area contributed by atoms with Crippen molar-refractivity contribution in [2.45, 2.75) is 13.8 Å². The summed E-state index contributed by atoms with van der Waals surface area (Å²) in [6.07, 6.45) is 3.30. The van der Waals surface area contributed by atoms with Gasteiger partial charge in [0.15, 0.2) is 0 Å². The second-order valence-electron chi connectivity index (χ2n) is 5.50. The number of carbonyl (C=O) groups is 1. The maximum Gasteiger partial charge on any atom is 0.265 e. The van der Waals surface area contributed by atoms with Gasteiger partial charge in [-0.2, -0.15) is 0 Å². The van der Waals surface area contributed by atoms with Crippen LogP contribution in [0.1, 0.15) is 33.0 Å². The van der Waals surface area contributed by atoms with Crippen LogP contribution in [0.5, 0.6) is 0 Å². The summed E-state index contributed by atoms with van der Waals surface area (Å²) in [6.45, 7) is 3.79. The molecule has 0 aliphatic carbocycles. The molecule has 124 valence electrons. The highest BCUT2D eigenvalue weighted by molar-refractivity contribution is 6.29. The number of carbonyl (C=O) groups excluding carboxylic acids is 1. The first-order chi connectivity index (χ1) is 12.0. The Labute approximate surface area is 150 Å². The van der Waals surface area contributed by atoms with Crippen LogP contribution in [-0.2, 0) is 0 Å². The maximum atomic E-state index is 11.9. The molecule has 0 saturated carbocycles. The fourth-order valence-electron chi connectivity index (χ4n) is 2.46. The standard InChI is InChI=1S/C19H15ClN4O/c1-12-3-6-16(11-23-12)24-13(2)15(10-17(24)19(21)25)5-4-14-7-8-22-18(20)9-14/h3,6-11H,1-2H3,(H2,21,25). The molecule has 1 amide bonds. The van der Waals surface area contributed by atoms with Crippen LogP contribution in [0.3, 0.4) is 0 Å². The smallest absolute Gasteiger partial charge is 0.265 e. The third-order valence-corrected chi connectivity index (χ3v) is 3.93. The number of nitrogens with two attached hydrogens (primary N) is 1. The lowest BCUT2D eigenvalue weighted by atomic mass is 10.2. The molecule has 0 saturated heterocycles. The van der Waals surface area contributed by atoms with Crippen LogP contribution in [0.25, 0.3) is 5.69 Å². The average molecular weight is 351 g/mol. The van der Waals surface area contributed by atoms with Crippen molar-refractivity contribution in [2.75, 3.05) is 0 Å². The van der Waals surface area contributed by atoms with E-state index >= 15 is 0 Å². The van der Waals surface area contributed by atoms with Gasteiger partial charge in [0, 0.05) is 28.7 Å². The van der Waals surface area contributed by atoms with Crippen molar-refractivity contribution in [1.82, 2.24) is 14.5 Å². The molecule has 3 rings (SSSR count). The first-order valence-electron chi connectivity index (χ1n) is 7.54. The third kappa shape index (κ3) is 3.54. The van der Waals surface area contributed by atoms with Crippen molar-refractivity contribution in [1.29, 1.82) is 0 Å². The number of hydrogen-bond acceptors (Lipinski definition) is 3. The van der Waals surface area contributed by atoms with Gasteiger partial charge in [-0.15, -0.1) is 0 Å². The molecule has 0 fully saturated rings. The highest BCUT2D eigenvalue weighted by Crippen LogP contribution is 2.20. The van der Waals surface area contributed by atoms with Crippen molar-refractivity contribution in [3.63, 3.8) is 0 Å². The molecule has 3 aromatic rings. The predicted octanol–water partition coefficient (Wildman–Crippen LogP) is 3.04. The number of aryl methyl sites for hydroxylation is 1. The van der Waals surface area contributed by atoms with E-state index in [1.807, 2.05) is 26.0 Å². The van der Waals surface area contributed by atoms with E-state index in [2.05, 4.69) is 21.8 Å². The lowest BCUT2D eigenvalue weighted by molar-refractivity contribution is 0.0993. The zero-order valence-corrected chi connectivity index (χ0v) is 14.5. The molecular weight excluding hydrogens is 336 g/mol. The number of hydrogen-bond donors (Lipinski definition) is 1. The quantitative estimate of drug-likeness (QED) is 0.570. The van der Waals surface area contributed by atoms with Gasteiger partial charge in [0.25, 0.3) is 5.91 Å². The van der Waals surface area contributed by atoms with Crippen molar-refractivity contribution >= 4 is 17.5 Å². The summed E-state index contributed by atoms with van der Waals surface area (Å²) in [5, 5.41) is 0.379. The van der Waals surface area contributed by atoms with Gasteiger partial charge in [0.05, 0.1) is 11.9 Å². The summed E-state index contributed by atoms with van der Waals surface area (Å²) in [4.78, 5) is 20.1. The fraction of sp³-hybridized carbons (Fsp3) is 0.105. The van der Waals surface area contributed by atoms with Crippen LogP contribution >= 0.6 is 11.6 Å². The molecule has 0 aliphatic heterocycles. The number of amides is 1. The molecule has 0 radical (unpaired) electrons. The molecule has 6 heteroatoms. The average Bonchev–Trinajstić information content (AvgIpc) is 2.91. The monoisotopic (exact) mass is 350 g/mol. The van der Waals surface area contributed by atoms with Crippen LogP contribution in [-0.4, -0.2) is 20.4 Å². The summed E-state index contributed by atoms with van der Waals surface area (Å²) >= 11 is 5.87. The van der Waals surface area contributed by atoms with Gasteiger partial charge in [-0.1, -0.05) is 23.4 Å². The van der Waals surface area contributed by atoms with Crippen LogP contribution in [0, 0.1) is 25.7 Å². The Bertz CT molecular complexity index is 1010. The molecule has 0 aromatic carbocycles. The normalized spacial score (nSPS) is 10.2. The molecule has 25 heavy (non-hydrogen) atoms. The van der Waals surface area contributed by atoms with Crippen LogP contribution in [0.2, 0.25) is 5.15 Å². The number of aromatic nitrogens is 3. The first-order valence-corrected chi connectivity index (χ1v) is 7.92. The summed E-state index contributed by atoms with van der Waals surface area (Å²) < 4.78 is 1.76. The number of nitrogens with zero attached hydrogens (tertiary/aromatic N) is 3. The van der Waals surface area contributed by atoms with E-state index in [1.165, 1.54) is 0 Å². The molecule has 2 N–H and O–H groups in total. The fourth-order valence-corrected chi connectivity index (χ4v) is 2.63. The van der Waals surface area contributed by atoms with Gasteiger partial charge >= 0.3 is 0 Å². The zero-order valence-electron chi connectivity index (χ0n) is 13.7. The van der Waals surface area contributed by atoms with E-state index in [-0.39, 0.29) is 0 Å². The first kappa shape index (κ1) is 16.7. The molecule has 0 aliphatic rings. The van der Waals surface area contributed by atoms with Gasteiger partial charge in [-0.05, 0) is 44.2 Å². The van der Waals surface area contributed by atoms with Crippen LogP contribution < -0.4 is 5.73 Å². The van der Waals surface area contributed by atoms with Crippen molar-refractivity contribution < 1.29 is 4.79 Å². The van der Waals surface area contributed by atoms with Gasteiger partial charge < -0.3 is 10.3 Å². The summed E-state index contributed by atoms with van der Waals surface area (Å²) in [5.74, 6) is 5.57. The van der Waals surface area contributed by atoms with E-state index < -0.39 is 5.91 Å². The summed E-state index contributed by atoms with van der Waals surface area (Å²) in [7, 11) is 0. The lowest BCUT2D eigenvalue weighted by Crippen LogP contribution is -2.16. The SMILES string of the molecule is Cc1ccc(-n2c(C(N)=O)cc(C#Cc3ccnc(Cl)c3)c2C)cn1. The van der Waals surface area contributed by atoms with E-state index in [9.17, 15) is 4.79 Å². The molecule has 0 bridgehead atoms. The zero-order chi connectivity index (χ0) is 18.0. The van der Waals surface area contributed by atoms with E-state index in [0.717, 1.165) is 22.6 Å². The Morgan fingerprint density at radius 1 is 1.16 bits per heavy atom. The van der Waals surface area contributed by atoms with Crippen LogP contribution in [0.4, 0.5) is 0 Å². The number of halogens is 1. The number of rotatable bonds is 2. The molecule has 5 nitrogen and oxygen atoms in total. The van der Waals surface area contributed by atoms with Crippen molar-refractivity contribution in [3.8, 4) is 17.5 Å². The Hall–Kier alpha value is -3.10. The Morgan fingerprint density at radius 2 is 1.96 bits per heavy atom. The maximum absolute atomic E-state index is 11.9. The minimum Gasteiger partial charge on any atom is -0.364 e. The van der Waals surface area contributed by atoms with E-state index in [4.69, 9.17) is 17.3 Å². The highest BCUT2D eigenvalue weighted by Gasteiger charge is 2.16. The van der Waals surface area contributed by atoms with Gasteiger partial charge in [-0.25, -0.2) is 4.98 Å². The Balaban J connectivity index is 2.10. The van der Waals surface area contributed by atoms with Crippen LogP contribution in [0.15, 0.2) is 42.7 Å². The summed E-state index contributed by atoms with van der Waals surface area (Å²) in [6, 6.07) is 8.91. The topological polar surface area (TPSA) is 73.8 Å². The minimum atomic E-state index is -0.524. The Kier molecular flexibility index (Phi) is 4.55. The van der Waals surface area contributed by atoms with Gasteiger partial charge in [0.1, 0.15) is 10.8 Å². The van der Waals surface area contributed by atoms with E-state index in [1.54, 1.807) is 35.2 Å². The molecule has 3 heterocycles. The largest absolute Gasteiger partial charge is 0.364 e. The summed E-state index contributed by atoms with van der Waals surface area (Å²) in [5.41, 5.74) is 9.81. The number of pyridine rings is 2. The van der Waals surface area contributed by atoms with Gasteiger partial charge in [0.2, 0.25) is 0 Å². The van der Waals surface area contributed by atoms with Crippen molar-refractivity contribution in [3.05, 3.63) is 76.1 Å². The van der Waals surface area contributed by atoms with E-state index in [0.29, 0.717) is 16.4 Å². The lowest BCUT2D eigenvalue weighted by Gasteiger charge is -2.09. The molecule has 3 aromatic heterocycles. The second kappa shape index (κ2) is 6.80. The third-order valence-electron chi connectivity index (χ3n) is 3.72. The minimum absolute atomic E-state index is 0.361. The molecule has 0 atom stereocenters. The Morgan fingerprint density at radius 3 is 2.60 bits per heavy atom. The predicted molar refractivity (Wildman–Crippen MR) is 96.8 cm³/mol. The van der Waals surface area contributed by atoms with Crippen molar-refractivity contribution in [2.24, 2.45) is 5.73 Å². The van der Waals surface area contributed by atoms with Gasteiger partial charge in [-0.3, -0.25) is 9.78 Å². The number of primary amides is 1.